The second kappa shape index (κ2) is 6.63. The van der Waals surface area contributed by atoms with Crippen LogP contribution in [0.3, 0.4) is 0 Å². The molecule has 0 aromatic heterocycles. The molecule has 0 saturated carbocycles. The summed E-state index contributed by atoms with van der Waals surface area (Å²) in [4.78, 5) is 12.8. The molecule has 1 aliphatic heterocycles. The Balaban J connectivity index is 2.32. The van der Waals surface area contributed by atoms with Crippen molar-refractivity contribution < 1.29 is 19.4 Å². The summed E-state index contributed by atoms with van der Waals surface area (Å²) in [6, 6.07) is 5.70. The average Bonchev–Trinajstić information content (AvgIpc) is 2.45. The minimum Gasteiger partial charge on any atom is -0.424 e. The van der Waals surface area contributed by atoms with Gasteiger partial charge in [-0.05, 0) is 37.3 Å². The Morgan fingerprint density at radius 3 is 2.59 bits per heavy atom. The van der Waals surface area contributed by atoms with Crippen LogP contribution < -0.4 is 4.74 Å². The van der Waals surface area contributed by atoms with Gasteiger partial charge in [0.15, 0.2) is 5.60 Å². The van der Waals surface area contributed by atoms with Crippen molar-refractivity contribution in [1.29, 1.82) is 0 Å². The van der Waals surface area contributed by atoms with Crippen LogP contribution in [0.2, 0.25) is 0 Å². The largest absolute Gasteiger partial charge is 0.424 e. The molecule has 0 unspecified atom stereocenters. The molecule has 0 aliphatic carbocycles. The van der Waals surface area contributed by atoms with E-state index >= 15 is 0 Å². The minimum atomic E-state index is -1.34. The molecule has 0 spiro atoms. The average molecular weight is 304 g/mol. The van der Waals surface area contributed by atoms with Crippen LogP contribution in [-0.4, -0.2) is 29.4 Å². The second-order valence-corrected chi connectivity index (χ2v) is 6.28. The van der Waals surface area contributed by atoms with Crippen molar-refractivity contribution in [3.63, 3.8) is 0 Å². The predicted molar refractivity (Wildman–Crippen MR) is 84.8 cm³/mol. The highest BCUT2D eigenvalue weighted by Crippen LogP contribution is 2.32. The van der Waals surface area contributed by atoms with Gasteiger partial charge in [0, 0.05) is 0 Å². The molecule has 0 amide bonds. The van der Waals surface area contributed by atoms with Crippen LogP contribution in [-0.2, 0) is 9.53 Å². The molecule has 0 fully saturated rings. The number of carbonyl (C=O) groups excluding carboxylic acids is 1. The Hall–Kier alpha value is -1.65. The first-order valence-electron chi connectivity index (χ1n) is 7.64. The van der Waals surface area contributed by atoms with Gasteiger partial charge >= 0.3 is 5.97 Å². The molecule has 1 aromatic carbocycles. The third kappa shape index (κ3) is 3.23. The second-order valence-electron chi connectivity index (χ2n) is 6.28. The van der Waals surface area contributed by atoms with Crippen molar-refractivity contribution in [1.82, 2.24) is 0 Å². The van der Waals surface area contributed by atoms with Crippen molar-refractivity contribution in [3.05, 3.63) is 41.5 Å². The zero-order chi connectivity index (χ0) is 16.3. The van der Waals surface area contributed by atoms with E-state index in [2.05, 4.69) is 0 Å². The summed E-state index contributed by atoms with van der Waals surface area (Å²) in [7, 11) is 0. The zero-order valence-electron chi connectivity index (χ0n) is 13.6. The first-order valence-corrected chi connectivity index (χ1v) is 7.64. The summed E-state index contributed by atoms with van der Waals surface area (Å²) in [5.74, 6) is 0.197. The number of benzene rings is 1. The molecule has 1 aliphatic rings. The number of ether oxygens (including phenoxy) is 2. The molecule has 2 rings (SSSR count). The lowest BCUT2D eigenvalue weighted by Crippen LogP contribution is -2.55. The number of rotatable bonds is 4. The predicted octanol–water partition coefficient (Wildman–Crippen LogP) is 2.94. The molecule has 1 N–H and O–H groups in total. The van der Waals surface area contributed by atoms with Crippen LogP contribution in [0, 0.1) is 19.8 Å². The quantitative estimate of drug-likeness (QED) is 0.528. The summed E-state index contributed by atoms with van der Waals surface area (Å²) < 4.78 is 11.3. The first-order chi connectivity index (χ1) is 10.4. The topological polar surface area (TPSA) is 55.8 Å². The highest BCUT2D eigenvalue weighted by Gasteiger charge is 2.49. The first kappa shape index (κ1) is 16.7. The van der Waals surface area contributed by atoms with E-state index in [9.17, 15) is 9.90 Å². The summed E-state index contributed by atoms with van der Waals surface area (Å²) in [5.41, 5.74) is 0.431. The fourth-order valence-electron chi connectivity index (χ4n) is 2.81. The van der Waals surface area contributed by atoms with E-state index in [1.165, 1.54) is 0 Å². The summed E-state index contributed by atoms with van der Waals surface area (Å²) >= 11 is 0. The van der Waals surface area contributed by atoms with E-state index in [0.717, 1.165) is 11.1 Å². The smallest absolute Gasteiger partial charge is 0.346 e. The molecule has 0 saturated heterocycles. The van der Waals surface area contributed by atoms with Gasteiger partial charge in [-0.15, -0.1) is 0 Å². The van der Waals surface area contributed by atoms with Crippen molar-refractivity contribution in [3.8, 4) is 5.75 Å². The lowest BCUT2D eigenvalue weighted by Gasteiger charge is -2.37. The molecule has 2 atom stereocenters. The molecule has 120 valence electrons. The summed E-state index contributed by atoms with van der Waals surface area (Å²) in [6.45, 7) is 8.06. The number of aliphatic hydroxyl groups is 1. The maximum absolute atomic E-state index is 12.8. The van der Waals surface area contributed by atoms with E-state index in [-0.39, 0.29) is 5.92 Å². The van der Waals surface area contributed by atoms with Crippen LogP contribution in [0.5, 0.6) is 5.75 Å². The molecule has 4 nitrogen and oxygen atoms in total. The van der Waals surface area contributed by atoms with Gasteiger partial charge in [-0.25, -0.2) is 4.79 Å². The van der Waals surface area contributed by atoms with E-state index in [1.807, 2.05) is 45.9 Å². The van der Waals surface area contributed by atoms with Crippen LogP contribution in [0.15, 0.2) is 30.4 Å². The Labute approximate surface area is 131 Å². The number of aryl methyl sites for hydroxylation is 2. The van der Waals surface area contributed by atoms with Crippen molar-refractivity contribution in [2.45, 2.75) is 45.8 Å². The van der Waals surface area contributed by atoms with E-state index in [4.69, 9.17) is 9.47 Å². The van der Waals surface area contributed by atoms with Gasteiger partial charge in [-0.1, -0.05) is 44.2 Å². The molecule has 4 heteroatoms. The third-order valence-electron chi connectivity index (χ3n) is 3.89. The Morgan fingerprint density at radius 1 is 1.41 bits per heavy atom. The maximum Gasteiger partial charge on any atom is 0.346 e. The van der Waals surface area contributed by atoms with Crippen LogP contribution >= 0.6 is 0 Å². The highest BCUT2D eigenvalue weighted by atomic mass is 16.6. The van der Waals surface area contributed by atoms with E-state index < -0.39 is 17.7 Å². The van der Waals surface area contributed by atoms with Gasteiger partial charge in [-0.2, -0.15) is 0 Å². The van der Waals surface area contributed by atoms with Crippen molar-refractivity contribution in [2.75, 3.05) is 6.61 Å². The fraction of sp³-hybridized carbons (Fsp3) is 0.500. The number of esters is 1. The standard InChI is InChI=1S/C18H24O4/c1-12(2)11-18(15(19)9-6-10-21-18)17(20)22-16-13(3)7-5-8-14(16)4/h5-9,12,15,19H,10-11H2,1-4H3/t15-,18+/m0/s1. The van der Waals surface area contributed by atoms with Gasteiger partial charge in [-0.3, -0.25) is 0 Å². The number of para-hydroxylation sites is 1. The molecular formula is C18H24O4. The number of aliphatic hydroxyl groups excluding tert-OH is 1. The molecule has 22 heavy (non-hydrogen) atoms. The summed E-state index contributed by atoms with van der Waals surface area (Å²) in [6.07, 6.45) is 2.73. The van der Waals surface area contributed by atoms with Crippen molar-refractivity contribution >= 4 is 5.97 Å². The monoisotopic (exact) mass is 304 g/mol. The Kier molecular flexibility index (Phi) is 5.04. The SMILES string of the molecule is Cc1cccc(C)c1OC(=O)[C@]1(CC(C)C)OCC=C[C@@H]1O. The minimum absolute atomic E-state index is 0.187. The van der Waals surface area contributed by atoms with Gasteiger partial charge in [0.1, 0.15) is 11.9 Å². The molecule has 1 aromatic rings. The molecular weight excluding hydrogens is 280 g/mol. The number of carbonyl (C=O) groups is 1. The van der Waals surface area contributed by atoms with Gasteiger partial charge in [0.2, 0.25) is 0 Å². The Morgan fingerprint density at radius 2 is 2.05 bits per heavy atom. The number of hydrogen-bond acceptors (Lipinski definition) is 4. The summed E-state index contributed by atoms with van der Waals surface area (Å²) in [5, 5.41) is 10.3. The fourth-order valence-corrected chi connectivity index (χ4v) is 2.81. The van der Waals surface area contributed by atoms with Crippen LogP contribution in [0.25, 0.3) is 0 Å². The Bertz CT molecular complexity index is 556. The molecule has 0 radical (unpaired) electrons. The number of hydrogen-bond donors (Lipinski definition) is 1. The van der Waals surface area contributed by atoms with Crippen LogP contribution in [0.4, 0.5) is 0 Å². The lowest BCUT2D eigenvalue weighted by atomic mass is 9.85. The maximum atomic E-state index is 12.8. The third-order valence-corrected chi connectivity index (χ3v) is 3.89. The van der Waals surface area contributed by atoms with Gasteiger partial charge < -0.3 is 14.6 Å². The van der Waals surface area contributed by atoms with Gasteiger partial charge in [0.05, 0.1) is 6.61 Å². The van der Waals surface area contributed by atoms with Gasteiger partial charge in [0.25, 0.3) is 0 Å². The van der Waals surface area contributed by atoms with E-state index in [1.54, 1.807) is 12.2 Å². The molecule has 0 bridgehead atoms. The molecule has 1 heterocycles. The van der Waals surface area contributed by atoms with E-state index in [0.29, 0.717) is 18.8 Å². The zero-order valence-corrected chi connectivity index (χ0v) is 13.6. The lowest BCUT2D eigenvalue weighted by molar-refractivity contribution is -0.179. The van der Waals surface area contributed by atoms with Crippen LogP contribution in [0.1, 0.15) is 31.4 Å². The highest BCUT2D eigenvalue weighted by molar-refractivity contribution is 5.83. The van der Waals surface area contributed by atoms with Crippen molar-refractivity contribution in [2.24, 2.45) is 5.92 Å². The normalized spacial score (nSPS) is 24.5.